The van der Waals surface area contributed by atoms with Crippen molar-refractivity contribution in [3.05, 3.63) is 26.8 Å². The zero-order chi connectivity index (χ0) is 12.7. The highest BCUT2D eigenvalue weighted by Crippen LogP contribution is 2.23. The van der Waals surface area contributed by atoms with Gasteiger partial charge < -0.3 is 15.8 Å². The summed E-state index contributed by atoms with van der Waals surface area (Å²) < 4.78 is 6.32. The van der Waals surface area contributed by atoms with Gasteiger partial charge in [0, 0.05) is 27.4 Å². The number of ether oxygens (including phenoxy) is 1. The van der Waals surface area contributed by atoms with Crippen LogP contribution < -0.4 is 11.1 Å². The first kappa shape index (κ1) is 15.0. The third-order valence-electron chi connectivity index (χ3n) is 2.42. The van der Waals surface area contributed by atoms with Gasteiger partial charge in [0.15, 0.2) is 0 Å². The summed E-state index contributed by atoms with van der Waals surface area (Å²) in [6.45, 7) is 1.39. The number of halogens is 2. The Hall–Kier alpha value is -0.0400. The minimum absolute atomic E-state index is 0.290. The van der Waals surface area contributed by atoms with Crippen molar-refractivity contribution < 1.29 is 4.74 Å². The summed E-state index contributed by atoms with van der Waals surface area (Å²) in [5.41, 5.74) is 6.62. The van der Waals surface area contributed by atoms with Gasteiger partial charge in [-0.1, -0.05) is 11.6 Å². The van der Waals surface area contributed by atoms with Gasteiger partial charge in [0.05, 0.1) is 6.61 Å². The fourth-order valence-corrected chi connectivity index (χ4v) is 2.62. The lowest BCUT2D eigenvalue weighted by Gasteiger charge is -2.20. The van der Waals surface area contributed by atoms with Crippen molar-refractivity contribution in [2.75, 3.05) is 25.6 Å². The molecular formula is C12H18ClIN2O. The van der Waals surface area contributed by atoms with E-state index in [-0.39, 0.29) is 0 Å². The minimum Gasteiger partial charge on any atom is -0.383 e. The summed E-state index contributed by atoms with van der Waals surface area (Å²) in [7, 11) is 1.71. The number of methoxy groups -OCH3 is 1. The largest absolute Gasteiger partial charge is 0.383 e. The van der Waals surface area contributed by atoms with Crippen LogP contribution in [0.25, 0.3) is 0 Å². The lowest BCUT2D eigenvalue weighted by Crippen LogP contribution is -2.26. The average molecular weight is 369 g/mol. The Morgan fingerprint density at radius 3 is 2.88 bits per heavy atom. The van der Waals surface area contributed by atoms with Crippen molar-refractivity contribution in [3.8, 4) is 0 Å². The van der Waals surface area contributed by atoms with Crippen LogP contribution in [0.3, 0.4) is 0 Å². The highest BCUT2D eigenvalue weighted by atomic mass is 127. The van der Waals surface area contributed by atoms with Crippen LogP contribution in [-0.2, 0) is 4.74 Å². The molecule has 0 saturated heterocycles. The number of rotatable bonds is 7. The first-order valence-electron chi connectivity index (χ1n) is 5.58. The molecule has 1 aromatic carbocycles. The van der Waals surface area contributed by atoms with Crippen LogP contribution in [-0.4, -0.2) is 26.3 Å². The normalized spacial score (nSPS) is 12.5. The molecule has 96 valence electrons. The zero-order valence-electron chi connectivity index (χ0n) is 9.88. The molecule has 0 radical (unpaired) electrons. The predicted molar refractivity (Wildman–Crippen MR) is 81.7 cm³/mol. The van der Waals surface area contributed by atoms with Crippen LogP contribution >= 0.6 is 34.2 Å². The van der Waals surface area contributed by atoms with Gasteiger partial charge in [0.25, 0.3) is 0 Å². The molecule has 0 saturated carbocycles. The molecule has 0 aliphatic heterocycles. The summed E-state index contributed by atoms with van der Waals surface area (Å²) in [4.78, 5) is 0. The van der Waals surface area contributed by atoms with Gasteiger partial charge >= 0.3 is 0 Å². The van der Waals surface area contributed by atoms with Gasteiger partial charge in [-0.3, -0.25) is 0 Å². The Morgan fingerprint density at radius 2 is 2.29 bits per heavy atom. The second-order valence-corrected chi connectivity index (χ2v) is 5.45. The highest BCUT2D eigenvalue weighted by molar-refractivity contribution is 14.1. The molecule has 1 atom stereocenters. The standard InChI is InChI=1S/C12H18ClIN2O/c1-17-8-10(3-2-6-15)16-12-5-4-9(13)7-11(12)14/h4-5,7,10,16H,2-3,6,8,15H2,1H3. The Bertz CT molecular complexity index is 349. The van der Waals surface area contributed by atoms with Crippen molar-refractivity contribution in [2.45, 2.75) is 18.9 Å². The molecule has 0 fully saturated rings. The molecule has 1 rings (SSSR count). The number of anilines is 1. The molecule has 3 nitrogen and oxygen atoms in total. The molecule has 17 heavy (non-hydrogen) atoms. The average Bonchev–Trinajstić information content (AvgIpc) is 2.29. The maximum absolute atomic E-state index is 5.92. The van der Waals surface area contributed by atoms with Crippen molar-refractivity contribution in [1.29, 1.82) is 0 Å². The van der Waals surface area contributed by atoms with E-state index in [0.29, 0.717) is 19.2 Å². The fraction of sp³-hybridized carbons (Fsp3) is 0.500. The first-order valence-corrected chi connectivity index (χ1v) is 7.03. The summed E-state index contributed by atoms with van der Waals surface area (Å²) in [6.07, 6.45) is 1.99. The number of benzene rings is 1. The van der Waals surface area contributed by atoms with Gasteiger partial charge in [-0.2, -0.15) is 0 Å². The Labute approximate surface area is 121 Å². The van der Waals surface area contributed by atoms with Gasteiger partial charge in [-0.15, -0.1) is 0 Å². The second-order valence-electron chi connectivity index (χ2n) is 3.85. The van der Waals surface area contributed by atoms with E-state index >= 15 is 0 Å². The first-order chi connectivity index (χ1) is 8.17. The van der Waals surface area contributed by atoms with Crippen LogP contribution in [0.2, 0.25) is 5.02 Å². The molecule has 0 aliphatic carbocycles. The third kappa shape index (κ3) is 5.42. The molecule has 0 heterocycles. The molecule has 0 aromatic heterocycles. The van der Waals surface area contributed by atoms with E-state index in [4.69, 9.17) is 22.1 Å². The maximum atomic E-state index is 5.92. The summed E-state index contributed by atoms with van der Waals surface area (Å²) in [6, 6.07) is 6.11. The SMILES string of the molecule is COCC(CCCN)Nc1ccc(Cl)cc1I. The minimum atomic E-state index is 0.290. The van der Waals surface area contributed by atoms with Crippen LogP contribution in [0.1, 0.15) is 12.8 Å². The van der Waals surface area contributed by atoms with E-state index in [1.165, 1.54) is 0 Å². The van der Waals surface area contributed by atoms with Crippen LogP contribution in [0.4, 0.5) is 5.69 Å². The summed E-state index contributed by atoms with van der Waals surface area (Å²) in [5.74, 6) is 0. The Balaban J connectivity index is 2.64. The lowest BCUT2D eigenvalue weighted by atomic mass is 10.1. The molecule has 0 bridgehead atoms. The van der Waals surface area contributed by atoms with Crippen LogP contribution in [0, 0.1) is 3.57 Å². The van der Waals surface area contributed by atoms with E-state index in [1.807, 2.05) is 18.2 Å². The van der Waals surface area contributed by atoms with E-state index in [9.17, 15) is 0 Å². The summed E-state index contributed by atoms with van der Waals surface area (Å²) in [5, 5.41) is 4.22. The highest BCUT2D eigenvalue weighted by Gasteiger charge is 2.09. The number of nitrogens with two attached hydrogens (primary N) is 1. The van der Waals surface area contributed by atoms with Crippen LogP contribution in [0.5, 0.6) is 0 Å². The quantitative estimate of drug-likeness (QED) is 0.727. The van der Waals surface area contributed by atoms with Crippen LogP contribution in [0.15, 0.2) is 18.2 Å². The molecule has 5 heteroatoms. The van der Waals surface area contributed by atoms with E-state index in [1.54, 1.807) is 7.11 Å². The molecule has 3 N–H and O–H groups in total. The second kappa shape index (κ2) is 8.13. The topological polar surface area (TPSA) is 47.3 Å². The van der Waals surface area contributed by atoms with Crippen molar-refractivity contribution in [3.63, 3.8) is 0 Å². The van der Waals surface area contributed by atoms with Gasteiger partial charge in [-0.25, -0.2) is 0 Å². The molecular weight excluding hydrogens is 351 g/mol. The molecule has 0 spiro atoms. The summed E-state index contributed by atoms with van der Waals surface area (Å²) >= 11 is 8.20. The van der Waals surface area contributed by atoms with E-state index in [2.05, 4.69) is 27.9 Å². The van der Waals surface area contributed by atoms with Gasteiger partial charge in [0.1, 0.15) is 0 Å². The maximum Gasteiger partial charge on any atom is 0.0664 e. The molecule has 1 aromatic rings. The van der Waals surface area contributed by atoms with E-state index in [0.717, 1.165) is 27.1 Å². The van der Waals surface area contributed by atoms with Crippen molar-refractivity contribution in [1.82, 2.24) is 0 Å². The Morgan fingerprint density at radius 1 is 1.53 bits per heavy atom. The fourth-order valence-electron chi connectivity index (χ4n) is 1.59. The smallest absolute Gasteiger partial charge is 0.0664 e. The van der Waals surface area contributed by atoms with E-state index < -0.39 is 0 Å². The predicted octanol–water partition coefficient (Wildman–Crippen LogP) is 3.11. The molecule has 0 amide bonds. The number of hydrogen-bond donors (Lipinski definition) is 2. The molecule has 1 unspecified atom stereocenters. The van der Waals surface area contributed by atoms with Gasteiger partial charge in [-0.05, 0) is 60.2 Å². The number of hydrogen-bond acceptors (Lipinski definition) is 3. The Kier molecular flexibility index (Phi) is 7.18. The number of nitrogens with one attached hydrogen (secondary N) is 1. The van der Waals surface area contributed by atoms with Crippen molar-refractivity contribution >= 4 is 39.9 Å². The zero-order valence-corrected chi connectivity index (χ0v) is 12.8. The third-order valence-corrected chi connectivity index (χ3v) is 3.54. The van der Waals surface area contributed by atoms with Crippen molar-refractivity contribution in [2.24, 2.45) is 5.73 Å². The monoisotopic (exact) mass is 368 g/mol. The molecule has 0 aliphatic rings. The lowest BCUT2D eigenvalue weighted by molar-refractivity contribution is 0.182. The van der Waals surface area contributed by atoms with Gasteiger partial charge in [0.2, 0.25) is 0 Å².